The van der Waals surface area contributed by atoms with Crippen LogP contribution >= 0.6 is 11.6 Å². The number of ketones is 1. The maximum Gasteiger partial charge on any atom is 0.178 e. The van der Waals surface area contributed by atoms with Gasteiger partial charge in [0.2, 0.25) is 0 Å². The number of rotatable bonds is 2. The molecule has 1 aromatic carbocycles. The van der Waals surface area contributed by atoms with Gasteiger partial charge in [-0.15, -0.1) is 0 Å². The minimum absolute atomic E-state index is 0.0364. The van der Waals surface area contributed by atoms with Crippen molar-refractivity contribution in [1.29, 1.82) is 0 Å². The third-order valence-electron chi connectivity index (χ3n) is 1.82. The quantitative estimate of drug-likeness (QED) is 0.557. The van der Waals surface area contributed by atoms with Crippen molar-refractivity contribution in [2.75, 3.05) is 12.3 Å². The molecule has 0 unspecified atom stereocenters. The van der Waals surface area contributed by atoms with Crippen molar-refractivity contribution in [3.8, 4) is 0 Å². The molecule has 4 N–H and O–H groups in total. The molecular formula is C9H11ClN2O. The van der Waals surface area contributed by atoms with Crippen molar-refractivity contribution in [2.24, 2.45) is 5.73 Å². The van der Waals surface area contributed by atoms with Gasteiger partial charge in [0.25, 0.3) is 0 Å². The molecule has 1 rings (SSSR count). The second kappa shape index (κ2) is 3.77. The summed E-state index contributed by atoms with van der Waals surface area (Å²) < 4.78 is 0. The number of carbonyl (C=O) groups is 1. The summed E-state index contributed by atoms with van der Waals surface area (Å²) >= 11 is 5.81. The first-order chi connectivity index (χ1) is 6.06. The zero-order chi connectivity index (χ0) is 10.0. The number of hydrogen-bond donors (Lipinski definition) is 2. The van der Waals surface area contributed by atoms with Gasteiger partial charge in [-0.1, -0.05) is 11.6 Å². The van der Waals surface area contributed by atoms with Crippen molar-refractivity contribution in [3.63, 3.8) is 0 Å². The molecule has 1 aromatic rings. The normalized spacial score (nSPS) is 10.1. The Hall–Kier alpha value is -1.06. The predicted molar refractivity (Wildman–Crippen MR) is 54.0 cm³/mol. The Morgan fingerprint density at radius 1 is 1.54 bits per heavy atom. The van der Waals surface area contributed by atoms with E-state index in [2.05, 4.69) is 0 Å². The van der Waals surface area contributed by atoms with Crippen LogP contribution in [-0.4, -0.2) is 12.3 Å². The lowest BCUT2D eigenvalue weighted by Crippen LogP contribution is -2.15. The van der Waals surface area contributed by atoms with E-state index in [4.69, 9.17) is 23.1 Å². The molecular weight excluding hydrogens is 188 g/mol. The van der Waals surface area contributed by atoms with Crippen LogP contribution in [0.3, 0.4) is 0 Å². The lowest BCUT2D eigenvalue weighted by molar-refractivity contribution is 0.100. The summed E-state index contributed by atoms with van der Waals surface area (Å²) in [5, 5.41) is 0.561. The zero-order valence-electron chi connectivity index (χ0n) is 7.30. The molecule has 0 amide bonds. The first kappa shape index (κ1) is 10.0. The van der Waals surface area contributed by atoms with Gasteiger partial charge in [0.1, 0.15) is 0 Å². The molecule has 0 aromatic heterocycles. The maximum absolute atomic E-state index is 11.2. The van der Waals surface area contributed by atoms with Gasteiger partial charge in [-0.2, -0.15) is 0 Å². The van der Waals surface area contributed by atoms with Crippen LogP contribution in [0.1, 0.15) is 15.9 Å². The SMILES string of the molecule is Cc1cc(C(=O)CN)c(N)cc1Cl. The number of anilines is 1. The van der Waals surface area contributed by atoms with Crippen LogP contribution in [0.25, 0.3) is 0 Å². The smallest absolute Gasteiger partial charge is 0.178 e. The molecule has 3 nitrogen and oxygen atoms in total. The first-order valence-corrected chi connectivity index (χ1v) is 4.23. The van der Waals surface area contributed by atoms with Gasteiger partial charge in [0.05, 0.1) is 6.54 Å². The largest absolute Gasteiger partial charge is 0.398 e. The third kappa shape index (κ3) is 1.99. The minimum Gasteiger partial charge on any atom is -0.398 e. The predicted octanol–water partition coefficient (Wildman–Crippen LogP) is 1.37. The summed E-state index contributed by atoms with van der Waals surface area (Å²) in [4.78, 5) is 11.2. The van der Waals surface area contributed by atoms with Crippen LogP contribution in [0.4, 0.5) is 5.69 Å². The fourth-order valence-corrected chi connectivity index (χ4v) is 1.22. The number of hydrogen-bond acceptors (Lipinski definition) is 3. The Kier molecular flexibility index (Phi) is 2.90. The van der Waals surface area contributed by atoms with Crippen LogP contribution in [0, 0.1) is 6.92 Å². The Bertz CT molecular complexity index is 350. The topological polar surface area (TPSA) is 69.1 Å². The Morgan fingerprint density at radius 2 is 2.15 bits per heavy atom. The van der Waals surface area contributed by atoms with E-state index in [-0.39, 0.29) is 12.3 Å². The van der Waals surface area contributed by atoms with Gasteiger partial charge in [-0.3, -0.25) is 4.79 Å². The van der Waals surface area contributed by atoms with E-state index < -0.39 is 0 Å². The van der Waals surface area contributed by atoms with Crippen LogP contribution in [0.15, 0.2) is 12.1 Å². The van der Waals surface area contributed by atoms with Crippen molar-refractivity contribution < 1.29 is 4.79 Å². The standard InChI is InChI=1S/C9H11ClN2O/c1-5-2-6(9(13)4-11)8(12)3-7(5)10/h2-3H,4,11-12H2,1H3. The highest BCUT2D eigenvalue weighted by Crippen LogP contribution is 2.22. The van der Waals surface area contributed by atoms with Crippen LogP contribution in [0.2, 0.25) is 5.02 Å². The fourth-order valence-electron chi connectivity index (χ4n) is 1.05. The molecule has 0 aliphatic rings. The average Bonchev–Trinajstić information content (AvgIpc) is 2.10. The maximum atomic E-state index is 11.2. The van der Waals surface area contributed by atoms with Gasteiger partial charge < -0.3 is 11.5 Å². The number of Topliss-reactive ketones (excluding diaryl/α,β-unsaturated/α-hetero) is 1. The van der Waals surface area contributed by atoms with Crippen molar-refractivity contribution in [3.05, 3.63) is 28.3 Å². The fraction of sp³-hybridized carbons (Fsp3) is 0.222. The van der Waals surface area contributed by atoms with E-state index in [9.17, 15) is 4.79 Å². The lowest BCUT2D eigenvalue weighted by atomic mass is 10.1. The van der Waals surface area contributed by atoms with E-state index in [0.29, 0.717) is 16.3 Å². The average molecular weight is 199 g/mol. The van der Waals surface area contributed by atoms with E-state index in [0.717, 1.165) is 5.56 Å². The van der Waals surface area contributed by atoms with Crippen molar-refractivity contribution >= 4 is 23.1 Å². The number of halogens is 1. The van der Waals surface area contributed by atoms with Crippen LogP contribution in [-0.2, 0) is 0 Å². The second-order valence-electron chi connectivity index (χ2n) is 2.82. The van der Waals surface area contributed by atoms with E-state index in [1.54, 1.807) is 12.1 Å². The van der Waals surface area contributed by atoms with Gasteiger partial charge in [-0.25, -0.2) is 0 Å². The highest BCUT2D eigenvalue weighted by molar-refractivity contribution is 6.31. The number of aryl methyl sites for hydroxylation is 1. The molecule has 0 saturated heterocycles. The Morgan fingerprint density at radius 3 is 2.69 bits per heavy atom. The summed E-state index contributed by atoms with van der Waals surface area (Å²) in [6.45, 7) is 1.78. The summed E-state index contributed by atoms with van der Waals surface area (Å²) in [6, 6.07) is 3.23. The van der Waals surface area contributed by atoms with Crippen molar-refractivity contribution in [2.45, 2.75) is 6.92 Å². The van der Waals surface area contributed by atoms with Gasteiger partial charge in [0.15, 0.2) is 5.78 Å². The Balaban J connectivity index is 3.23. The zero-order valence-corrected chi connectivity index (χ0v) is 8.06. The molecule has 0 fully saturated rings. The molecule has 0 radical (unpaired) electrons. The van der Waals surface area contributed by atoms with E-state index in [1.165, 1.54) is 0 Å². The molecule has 0 heterocycles. The van der Waals surface area contributed by atoms with E-state index >= 15 is 0 Å². The molecule has 70 valence electrons. The minimum atomic E-state index is -0.169. The summed E-state index contributed by atoms with van der Waals surface area (Å²) in [5.41, 5.74) is 12.5. The third-order valence-corrected chi connectivity index (χ3v) is 2.22. The molecule has 0 atom stereocenters. The molecule has 0 bridgehead atoms. The summed E-state index contributed by atoms with van der Waals surface area (Å²) in [7, 11) is 0. The number of nitrogens with two attached hydrogens (primary N) is 2. The van der Waals surface area contributed by atoms with Gasteiger partial charge >= 0.3 is 0 Å². The molecule has 0 saturated carbocycles. The molecule has 4 heteroatoms. The highest BCUT2D eigenvalue weighted by Gasteiger charge is 2.09. The number of benzene rings is 1. The Labute approximate surface area is 81.7 Å². The monoisotopic (exact) mass is 198 g/mol. The molecule has 0 aliphatic carbocycles. The van der Waals surface area contributed by atoms with Crippen molar-refractivity contribution in [1.82, 2.24) is 0 Å². The molecule has 0 spiro atoms. The summed E-state index contributed by atoms with van der Waals surface area (Å²) in [6.07, 6.45) is 0. The second-order valence-corrected chi connectivity index (χ2v) is 3.22. The van der Waals surface area contributed by atoms with Crippen LogP contribution < -0.4 is 11.5 Å². The molecule has 13 heavy (non-hydrogen) atoms. The number of nitrogen functional groups attached to an aromatic ring is 1. The lowest BCUT2D eigenvalue weighted by Gasteiger charge is -2.05. The van der Waals surface area contributed by atoms with Crippen LogP contribution in [0.5, 0.6) is 0 Å². The number of carbonyl (C=O) groups excluding carboxylic acids is 1. The highest BCUT2D eigenvalue weighted by atomic mass is 35.5. The molecule has 0 aliphatic heterocycles. The summed E-state index contributed by atoms with van der Waals surface area (Å²) in [5.74, 6) is -0.169. The van der Waals surface area contributed by atoms with Gasteiger partial charge in [-0.05, 0) is 24.6 Å². The van der Waals surface area contributed by atoms with Gasteiger partial charge in [0, 0.05) is 16.3 Å². The van der Waals surface area contributed by atoms with E-state index in [1.807, 2.05) is 6.92 Å². The first-order valence-electron chi connectivity index (χ1n) is 3.85.